The molecule has 9 heteroatoms. The Labute approximate surface area is 98.4 Å². The standard InChI is InChI=1S/C9H5F2N3O4/c10-8(11)5-1-4(2-7(15)16)13-9(14(17)18)6(5)3-12/h1,8H,2H2,(H,15,16). The first-order valence-electron chi connectivity index (χ1n) is 4.45. The third kappa shape index (κ3) is 2.73. The Morgan fingerprint density at radius 2 is 2.28 bits per heavy atom. The number of alkyl halides is 2. The summed E-state index contributed by atoms with van der Waals surface area (Å²) in [5, 5.41) is 27.7. The number of rotatable bonds is 4. The number of carboxylic acid groups (broad SMARTS) is 1. The Bertz CT molecular complexity index is 553. The molecule has 0 aliphatic carbocycles. The fourth-order valence-electron chi connectivity index (χ4n) is 1.27. The van der Waals surface area contributed by atoms with Crippen LogP contribution in [0.25, 0.3) is 0 Å². The number of nitriles is 1. The SMILES string of the molecule is N#Cc1c(C(F)F)cc(CC(=O)O)nc1[N+](=O)[O-]. The van der Waals surface area contributed by atoms with Crippen molar-refractivity contribution in [3.63, 3.8) is 0 Å². The number of hydrogen-bond donors (Lipinski definition) is 1. The van der Waals surface area contributed by atoms with Gasteiger partial charge in [-0.25, -0.2) is 8.78 Å². The van der Waals surface area contributed by atoms with Crippen LogP contribution in [-0.4, -0.2) is 21.0 Å². The van der Waals surface area contributed by atoms with Crippen LogP contribution in [0.5, 0.6) is 0 Å². The maximum absolute atomic E-state index is 12.6. The van der Waals surface area contributed by atoms with E-state index in [4.69, 9.17) is 10.4 Å². The monoisotopic (exact) mass is 257 g/mol. The fraction of sp³-hybridized carbons (Fsp3) is 0.222. The van der Waals surface area contributed by atoms with Gasteiger partial charge in [0.2, 0.25) is 0 Å². The number of carbonyl (C=O) groups is 1. The number of pyridine rings is 1. The molecule has 7 nitrogen and oxygen atoms in total. The van der Waals surface area contributed by atoms with Gasteiger partial charge in [-0.1, -0.05) is 0 Å². The zero-order valence-corrected chi connectivity index (χ0v) is 8.63. The average Bonchev–Trinajstić information content (AvgIpc) is 2.26. The molecule has 94 valence electrons. The number of carboxylic acids is 1. The summed E-state index contributed by atoms with van der Waals surface area (Å²) < 4.78 is 25.3. The lowest BCUT2D eigenvalue weighted by molar-refractivity contribution is -0.390. The molecule has 0 saturated heterocycles. The van der Waals surface area contributed by atoms with E-state index < -0.39 is 46.4 Å². The Hall–Kier alpha value is -2.63. The van der Waals surface area contributed by atoms with E-state index in [0.29, 0.717) is 6.07 Å². The Morgan fingerprint density at radius 1 is 1.67 bits per heavy atom. The van der Waals surface area contributed by atoms with E-state index in [1.165, 1.54) is 6.07 Å². The number of nitrogens with zero attached hydrogens (tertiary/aromatic N) is 3. The van der Waals surface area contributed by atoms with Crippen molar-refractivity contribution < 1.29 is 23.6 Å². The molecule has 1 aromatic rings. The van der Waals surface area contributed by atoms with E-state index in [2.05, 4.69) is 4.98 Å². The number of aliphatic carboxylic acids is 1. The molecule has 0 bridgehead atoms. The molecule has 1 N–H and O–H groups in total. The quantitative estimate of drug-likeness (QED) is 0.643. The molecule has 0 saturated carbocycles. The van der Waals surface area contributed by atoms with Crippen LogP contribution in [0.2, 0.25) is 0 Å². The highest BCUT2D eigenvalue weighted by Crippen LogP contribution is 2.28. The molecule has 0 amide bonds. The molecule has 0 atom stereocenters. The van der Waals surface area contributed by atoms with Gasteiger partial charge in [0.1, 0.15) is 12.5 Å². The summed E-state index contributed by atoms with van der Waals surface area (Å²) in [6, 6.07) is 1.96. The van der Waals surface area contributed by atoms with Crippen molar-refractivity contribution in [2.75, 3.05) is 0 Å². The zero-order valence-electron chi connectivity index (χ0n) is 8.63. The fourth-order valence-corrected chi connectivity index (χ4v) is 1.27. The highest BCUT2D eigenvalue weighted by atomic mass is 19.3. The van der Waals surface area contributed by atoms with Gasteiger partial charge < -0.3 is 15.2 Å². The van der Waals surface area contributed by atoms with Crippen molar-refractivity contribution >= 4 is 11.8 Å². The van der Waals surface area contributed by atoms with Crippen LogP contribution in [0.3, 0.4) is 0 Å². The lowest BCUT2D eigenvalue weighted by Crippen LogP contribution is -2.08. The molecule has 1 aromatic heterocycles. The number of nitro groups is 1. The molecule has 0 radical (unpaired) electrons. The van der Waals surface area contributed by atoms with Gasteiger partial charge in [-0.05, 0) is 16.0 Å². The van der Waals surface area contributed by atoms with Crippen LogP contribution in [-0.2, 0) is 11.2 Å². The smallest absolute Gasteiger partial charge is 0.382 e. The minimum absolute atomic E-state index is 0.400. The summed E-state index contributed by atoms with van der Waals surface area (Å²) in [6.07, 6.45) is -3.87. The first-order chi connectivity index (χ1) is 8.36. The molecule has 18 heavy (non-hydrogen) atoms. The van der Waals surface area contributed by atoms with Gasteiger partial charge in [0.05, 0.1) is 0 Å². The second kappa shape index (κ2) is 5.13. The van der Waals surface area contributed by atoms with Crippen molar-refractivity contribution in [3.8, 4) is 6.07 Å². The summed E-state index contributed by atoms with van der Waals surface area (Å²) in [4.78, 5) is 23.2. The van der Waals surface area contributed by atoms with Gasteiger partial charge in [0.25, 0.3) is 6.43 Å². The van der Waals surface area contributed by atoms with Crippen LogP contribution >= 0.6 is 0 Å². The first kappa shape index (κ1) is 13.4. The van der Waals surface area contributed by atoms with Crippen molar-refractivity contribution in [2.24, 2.45) is 0 Å². The van der Waals surface area contributed by atoms with Crippen molar-refractivity contribution in [2.45, 2.75) is 12.8 Å². The van der Waals surface area contributed by atoms with Crippen LogP contribution in [0.1, 0.15) is 23.2 Å². The molecule has 0 spiro atoms. The number of hydrogen-bond acceptors (Lipinski definition) is 5. The molecule has 0 aromatic carbocycles. The normalized spacial score (nSPS) is 10.1. The van der Waals surface area contributed by atoms with Gasteiger partial charge in [0, 0.05) is 5.56 Å². The highest BCUT2D eigenvalue weighted by molar-refractivity contribution is 5.70. The van der Waals surface area contributed by atoms with E-state index in [1.807, 2.05) is 0 Å². The first-order valence-corrected chi connectivity index (χ1v) is 4.45. The summed E-state index contributed by atoms with van der Waals surface area (Å²) >= 11 is 0. The third-order valence-electron chi connectivity index (χ3n) is 1.94. The topological polar surface area (TPSA) is 117 Å². The van der Waals surface area contributed by atoms with Crippen LogP contribution in [0.4, 0.5) is 14.6 Å². The van der Waals surface area contributed by atoms with Gasteiger partial charge >= 0.3 is 11.8 Å². The summed E-state index contributed by atoms with van der Waals surface area (Å²) in [7, 11) is 0. The van der Waals surface area contributed by atoms with Crippen molar-refractivity contribution in [1.29, 1.82) is 5.26 Å². The third-order valence-corrected chi connectivity index (χ3v) is 1.94. The van der Waals surface area contributed by atoms with E-state index in [0.717, 1.165) is 0 Å². The van der Waals surface area contributed by atoms with Crippen molar-refractivity contribution in [3.05, 3.63) is 33.0 Å². The maximum atomic E-state index is 12.6. The highest BCUT2D eigenvalue weighted by Gasteiger charge is 2.27. The second-order valence-corrected chi connectivity index (χ2v) is 3.14. The lowest BCUT2D eigenvalue weighted by Gasteiger charge is -2.04. The molecule has 0 unspecified atom stereocenters. The van der Waals surface area contributed by atoms with Gasteiger partial charge in [-0.3, -0.25) is 4.79 Å². The summed E-state index contributed by atoms with van der Waals surface area (Å²) in [5.74, 6) is -2.44. The summed E-state index contributed by atoms with van der Waals surface area (Å²) in [6.45, 7) is 0. The predicted octanol–water partition coefficient (Wildman–Crippen LogP) is 1.43. The van der Waals surface area contributed by atoms with Crippen LogP contribution in [0, 0.1) is 21.4 Å². The van der Waals surface area contributed by atoms with Crippen LogP contribution < -0.4 is 0 Å². The van der Waals surface area contributed by atoms with Gasteiger partial charge in [-0.15, -0.1) is 0 Å². The molecule has 1 rings (SSSR count). The number of aromatic nitrogens is 1. The molecular formula is C9H5F2N3O4. The van der Waals surface area contributed by atoms with E-state index in [9.17, 15) is 23.7 Å². The second-order valence-electron chi connectivity index (χ2n) is 3.14. The minimum atomic E-state index is -3.13. The van der Waals surface area contributed by atoms with Gasteiger partial charge in [-0.2, -0.15) is 5.26 Å². The molecule has 0 aliphatic heterocycles. The average molecular weight is 257 g/mol. The number of halogens is 2. The largest absolute Gasteiger partial charge is 0.481 e. The molecule has 0 aliphatic rings. The zero-order chi connectivity index (χ0) is 13.9. The lowest BCUT2D eigenvalue weighted by atomic mass is 10.1. The van der Waals surface area contributed by atoms with E-state index >= 15 is 0 Å². The Balaban J connectivity index is 3.49. The molecule has 0 fully saturated rings. The predicted molar refractivity (Wildman–Crippen MR) is 51.9 cm³/mol. The summed E-state index contributed by atoms with van der Waals surface area (Å²) in [5.41, 5.74) is -2.15. The Morgan fingerprint density at radius 3 is 2.67 bits per heavy atom. The van der Waals surface area contributed by atoms with Crippen molar-refractivity contribution in [1.82, 2.24) is 4.98 Å². The Kier molecular flexibility index (Phi) is 3.83. The van der Waals surface area contributed by atoms with E-state index in [1.54, 1.807) is 0 Å². The minimum Gasteiger partial charge on any atom is -0.481 e. The van der Waals surface area contributed by atoms with Crippen LogP contribution in [0.15, 0.2) is 6.07 Å². The molecule has 1 heterocycles. The molecular weight excluding hydrogens is 252 g/mol. The maximum Gasteiger partial charge on any atom is 0.382 e. The van der Waals surface area contributed by atoms with Gasteiger partial charge in [0.15, 0.2) is 11.3 Å². The van der Waals surface area contributed by atoms with E-state index in [-0.39, 0.29) is 0 Å².